The summed E-state index contributed by atoms with van der Waals surface area (Å²) in [6.07, 6.45) is 1.04. The van der Waals surface area contributed by atoms with Crippen molar-refractivity contribution in [3.8, 4) is 11.3 Å². The van der Waals surface area contributed by atoms with Gasteiger partial charge in [0.2, 0.25) is 0 Å². The molecule has 0 radical (unpaired) electrons. The van der Waals surface area contributed by atoms with E-state index in [1.165, 1.54) is 5.56 Å². The number of fused-ring (bicyclic) bond motifs is 1. The molecule has 0 N–H and O–H groups in total. The molecule has 1 aromatic heterocycles. The minimum absolute atomic E-state index is 0.739. The van der Waals surface area contributed by atoms with Gasteiger partial charge in [0.25, 0.3) is 0 Å². The number of benzene rings is 2. The minimum Gasteiger partial charge on any atom is -0.456 e. The van der Waals surface area contributed by atoms with Crippen molar-refractivity contribution in [1.29, 1.82) is 0 Å². The molecule has 0 saturated heterocycles. The standard InChI is InChI=1S/C16H13ClO/c1-2-11-3-8-15-13(9-11)10-16(18-15)12-4-6-14(17)7-5-12/h3-10H,2H2,1H3. The first-order chi connectivity index (χ1) is 8.76. The second-order valence-electron chi connectivity index (χ2n) is 4.34. The molecule has 0 aliphatic rings. The maximum atomic E-state index is 5.89. The number of hydrogen-bond acceptors (Lipinski definition) is 1. The molecule has 0 saturated carbocycles. The number of hydrogen-bond donors (Lipinski definition) is 0. The summed E-state index contributed by atoms with van der Waals surface area (Å²) in [5, 5.41) is 1.89. The van der Waals surface area contributed by atoms with Crippen LogP contribution in [0.2, 0.25) is 5.02 Å². The molecule has 3 rings (SSSR count). The number of halogens is 1. The van der Waals surface area contributed by atoms with Crippen LogP contribution in [0.5, 0.6) is 0 Å². The van der Waals surface area contributed by atoms with Crippen LogP contribution in [0.25, 0.3) is 22.3 Å². The van der Waals surface area contributed by atoms with E-state index in [0.717, 1.165) is 33.7 Å². The molecule has 0 spiro atoms. The van der Waals surface area contributed by atoms with Crippen LogP contribution in [0.4, 0.5) is 0 Å². The number of aryl methyl sites for hydroxylation is 1. The van der Waals surface area contributed by atoms with E-state index in [1.807, 2.05) is 30.3 Å². The first-order valence-corrected chi connectivity index (χ1v) is 6.42. The van der Waals surface area contributed by atoms with E-state index >= 15 is 0 Å². The van der Waals surface area contributed by atoms with Crippen molar-refractivity contribution in [3.05, 3.63) is 59.1 Å². The lowest BCUT2D eigenvalue weighted by Crippen LogP contribution is -1.76. The van der Waals surface area contributed by atoms with Gasteiger partial charge in [-0.05, 0) is 54.4 Å². The van der Waals surface area contributed by atoms with E-state index in [-0.39, 0.29) is 0 Å². The zero-order valence-electron chi connectivity index (χ0n) is 10.1. The van der Waals surface area contributed by atoms with Gasteiger partial charge in [-0.3, -0.25) is 0 Å². The molecule has 3 aromatic rings. The summed E-state index contributed by atoms with van der Waals surface area (Å²) in [5.41, 5.74) is 3.30. The van der Waals surface area contributed by atoms with Gasteiger partial charge in [0.05, 0.1) is 0 Å². The van der Waals surface area contributed by atoms with E-state index in [1.54, 1.807) is 0 Å². The zero-order chi connectivity index (χ0) is 12.5. The van der Waals surface area contributed by atoms with Crippen molar-refractivity contribution >= 4 is 22.6 Å². The maximum Gasteiger partial charge on any atom is 0.135 e. The van der Waals surface area contributed by atoms with Crippen LogP contribution in [-0.2, 0) is 6.42 Å². The highest BCUT2D eigenvalue weighted by molar-refractivity contribution is 6.30. The molecular weight excluding hydrogens is 244 g/mol. The summed E-state index contributed by atoms with van der Waals surface area (Å²) in [5.74, 6) is 0.884. The van der Waals surface area contributed by atoms with Gasteiger partial charge in [0.1, 0.15) is 11.3 Å². The third kappa shape index (κ3) is 2.02. The average Bonchev–Trinajstić information content (AvgIpc) is 2.82. The molecule has 1 nitrogen and oxygen atoms in total. The van der Waals surface area contributed by atoms with E-state index < -0.39 is 0 Å². The average molecular weight is 257 g/mol. The Morgan fingerprint density at radius 2 is 1.78 bits per heavy atom. The Kier molecular flexibility index (Phi) is 2.85. The first kappa shape index (κ1) is 11.4. The molecule has 0 amide bonds. The number of rotatable bonds is 2. The van der Waals surface area contributed by atoms with Crippen molar-refractivity contribution in [1.82, 2.24) is 0 Å². The molecule has 0 bridgehead atoms. The van der Waals surface area contributed by atoms with Gasteiger partial charge in [-0.25, -0.2) is 0 Å². The van der Waals surface area contributed by atoms with Crippen LogP contribution in [0.3, 0.4) is 0 Å². The topological polar surface area (TPSA) is 13.1 Å². The van der Waals surface area contributed by atoms with Gasteiger partial charge in [0.15, 0.2) is 0 Å². The third-order valence-corrected chi connectivity index (χ3v) is 3.37. The van der Waals surface area contributed by atoms with Gasteiger partial charge in [-0.1, -0.05) is 24.6 Å². The molecule has 0 aliphatic carbocycles. The summed E-state index contributed by atoms with van der Waals surface area (Å²) in [7, 11) is 0. The predicted octanol–water partition coefficient (Wildman–Crippen LogP) is 5.32. The third-order valence-electron chi connectivity index (χ3n) is 3.12. The Bertz CT molecular complexity index is 680. The molecule has 2 aromatic carbocycles. The highest BCUT2D eigenvalue weighted by Crippen LogP contribution is 2.29. The van der Waals surface area contributed by atoms with Gasteiger partial charge < -0.3 is 4.42 Å². The Hall–Kier alpha value is -1.73. The molecule has 0 aliphatic heterocycles. The summed E-state index contributed by atoms with van der Waals surface area (Å²) >= 11 is 5.89. The SMILES string of the molecule is CCc1ccc2oc(-c3ccc(Cl)cc3)cc2c1. The number of furan rings is 1. The Labute approximate surface area is 111 Å². The van der Waals surface area contributed by atoms with Crippen LogP contribution in [0.15, 0.2) is 52.9 Å². The van der Waals surface area contributed by atoms with Crippen molar-refractivity contribution in [3.63, 3.8) is 0 Å². The van der Waals surface area contributed by atoms with Crippen molar-refractivity contribution in [2.45, 2.75) is 13.3 Å². The first-order valence-electron chi connectivity index (χ1n) is 6.04. The minimum atomic E-state index is 0.739. The molecule has 18 heavy (non-hydrogen) atoms. The molecule has 2 heteroatoms. The van der Waals surface area contributed by atoms with E-state index in [2.05, 4.69) is 25.1 Å². The lowest BCUT2D eigenvalue weighted by molar-refractivity contribution is 0.631. The molecule has 0 fully saturated rings. The summed E-state index contributed by atoms with van der Waals surface area (Å²) in [4.78, 5) is 0. The fraction of sp³-hybridized carbons (Fsp3) is 0.125. The summed E-state index contributed by atoms with van der Waals surface area (Å²) in [6, 6.07) is 16.1. The Morgan fingerprint density at radius 1 is 1.00 bits per heavy atom. The largest absolute Gasteiger partial charge is 0.456 e. The van der Waals surface area contributed by atoms with Crippen LogP contribution >= 0.6 is 11.6 Å². The van der Waals surface area contributed by atoms with Crippen LogP contribution < -0.4 is 0 Å². The van der Waals surface area contributed by atoms with Crippen LogP contribution in [-0.4, -0.2) is 0 Å². The van der Waals surface area contributed by atoms with Crippen molar-refractivity contribution < 1.29 is 4.42 Å². The van der Waals surface area contributed by atoms with E-state index in [4.69, 9.17) is 16.0 Å². The van der Waals surface area contributed by atoms with E-state index in [9.17, 15) is 0 Å². The normalized spacial score (nSPS) is 11.0. The maximum absolute atomic E-state index is 5.89. The van der Waals surface area contributed by atoms with Crippen molar-refractivity contribution in [2.75, 3.05) is 0 Å². The summed E-state index contributed by atoms with van der Waals surface area (Å²) in [6.45, 7) is 2.15. The molecular formula is C16H13ClO. The fourth-order valence-electron chi connectivity index (χ4n) is 2.07. The van der Waals surface area contributed by atoms with Crippen LogP contribution in [0, 0.1) is 0 Å². The Balaban J connectivity index is 2.10. The lowest BCUT2D eigenvalue weighted by Gasteiger charge is -1.95. The smallest absolute Gasteiger partial charge is 0.135 e. The Morgan fingerprint density at radius 3 is 2.50 bits per heavy atom. The highest BCUT2D eigenvalue weighted by atomic mass is 35.5. The summed E-state index contributed by atoms with van der Waals surface area (Å²) < 4.78 is 5.85. The van der Waals surface area contributed by atoms with Gasteiger partial charge in [-0.15, -0.1) is 0 Å². The second kappa shape index (κ2) is 4.51. The quantitative estimate of drug-likeness (QED) is 0.605. The van der Waals surface area contributed by atoms with Crippen molar-refractivity contribution in [2.24, 2.45) is 0 Å². The highest BCUT2D eigenvalue weighted by Gasteiger charge is 2.06. The fourth-order valence-corrected chi connectivity index (χ4v) is 2.20. The van der Waals surface area contributed by atoms with Gasteiger partial charge in [-0.2, -0.15) is 0 Å². The van der Waals surface area contributed by atoms with Gasteiger partial charge >= 0.3 is 0 Å². The van der Waals surface area contributed by atoms with Gasteiger partial charge in [0, 0.05) is 16.0 Å². The lowest BCUT2D eigenvalue weighted by atomic mass is 10.1. The molecule has 0 unspecified atom stereocenters. The molecule has 0 atom stereocenters. The predicted molar refractivity (Wildman–Crippen MR) is 76.0 cm³/mol. The molecule has 1 heterocycles. The monoisotopic (exact) mass is 256 g/mol. The second-order valence-corrected chi connectivity index (χ2v) is 4.78. The van der Waals surface area contributed by atoms with E-state index in [0.29, 0.717) is 0 Å². The zero-order valence-corrected chi connectivity index (χ0v) is 10.9. The van der Waals surface area contributed by atoms with Crippen LogP contribution in [0.1, 0.15) is 12.5 Å². The molecule has 90 valence electrons.